The minimum atomic E-state index is -0.475. The Hall–Kier alpha value is -1.47. The highest BCUT2D eigenvalue weighted by molar-refractivity contribution is 5.92. The first-order chi connectivity index (χ1) is 9.72. The molecule has 3 rings (SSSR count). The van der Waals surface area contributed by atoms with Crippen molar-refractivity contribution in [2.24, 2.45) is 0 Å². The molecule has 0 bridgehead atoms. The first kappa shape index (κ1) is 13.5. The lowest BCUT2D eigenvalue weighted by molar-refractivity contribution is 0.0754. The minimum Gasteiger partial charge on any atom is -0.394 e. The number of carbonyl (C=O) groups excluding carboxylic acids is 1. The topological polar surface area (TPSA) is 92.1 Å². The lowest BCUT2D eigenvalue weighted by Crippen LogP contribution is -2.52. The zero-order valence-electron chi connectivity index (χ0n) is 11.5. The molecule has 110 valence electrons. The summed E-state index contributed by atoms with van der Waals surface area (Å²) in [7, 11) is 0. The highest BCUT2D eigenvalue weighted by Gasteiger charge is 2.34. The average molecular weight is 279 g/mol. The summed E-state index contributed by atoms with van der Waals surface area (Å²) >= 11 is 0. The van der Waals surface area contributed by atoms with Gasteiger partial charge in [0.15, 0.2) is 5.69 Å². The largest absolute Gasteiger partial charge is 0.394 e. The molecule has 1 saturated carbocycles. The molecular weight excluding hydrogens is 258 g/mol. The summed E-state index contributed by atoms with van der Waals surface area (Å²) in [6.07, 6.45) is 6.60. The standard InChI is InChI=1S/C13H21N5O2/c19-9-13(4-2-1-3-5-13)15-12(20)11-8-18(17-16-11)10-6-14-7-10/h8,10,14,19H,1-7,9H2,(H,15,20). The van der Waals surface area contributed by atoms with E-state index in [2.05, 4.69) is 20.9 Å². The maximum atomic E-state index is 12.3. The van der Waals surface area contributed by atoms with Crippen LogP contribution in [0.1, 0.15) is 48.6 Å². The van der Waals surface area contributed by atoms with Gasteiger partial charge in [0.05, 0.1) is 24.4 Å². The van der Waals surface area contributed by atoms with Gasteiger partial charge in [0.2, 0.25) is 0 Å². The number of aromatic nitrogens is 3. The van der Waals surface area contributed by atoms with Gasteiger partial charge in [0, 0.05) is 13.1 Å². The van der Waals surface area contributed by atoms with Gasteiger partial charge in [-0.05, 0) is 12.8 Å². The van der Waals surface area contributed by atoms with Crippen LogP contribution in [0.4, 0.5) is 0 Å². The first-order valence-corrected chi connectivity index (χ1v) is 7.28. The van der Waals surface area contributed by atoms with E-state index >= 15 is 0 Å². The van der Waals surface area contributed by atoms with Crippen LogP contribution in [0.5, 0.6) is 0 Å². The quantitative estimate of drug-likeness (QED) is 0.713. The number of aliphatic hydroxyl groups is 1. The number of carbonyl (C=O) groups is 1. The fourth-order valence-corrected chi connectivity index (χ4v) is 2.88. The monoisotopic (exact) mass is 279 g/mol. The van der Waals surface area contributed by atoms with Gasteiger partial charge < -0.3 is 15.7 Å². The molecule has 7 nitrogen and oxygen atoms in total. The Morgan fingerprint density at radius 1 is 1.45 bits per heavy atom. The van der Waals surface area contributed by atoms with E-state index in [4.69, 9.17) is 0 Å². The van der Waals surface area contributed by atoms with Crippen LogP contribution in [0.25, 0.3) is 0 Å². The molecule has 1 aromatic rings. The van der Waals surface area contributed by atoms with Crippen LogP contribution in [0.2, 0.25) is 0 Å². The van der Waals surface area contributed by atoms with Crippen molar-refractivity contribution in [3.05, 3.63) is 11.9 Å². The number of aliphatic hydroxyl groups excluding tert-OH is 1. The number of hydrogen-bond donors (Lipinski definition) is 3. The van der Waals surface area contributed by atoms with Gasteiger partial charge in [0.1, 0.15) is 0 Å². The molecule has 2 heterocycles. The molecule has 20 heavy (non-hydrogen) atoms. The molecule has 1 aliphatic heterocycles. The van der Waals surface area contributed by atoms with Crippen molar-refractivity contribution in [2.45, 2.75) is 43.7 Å². The van der Waals surface area contributed by atoms with E-state index in [0.717, 1.165) is 38.8 Å². The van der Waals surface area contributed by atoms with Crippen LogP contribution in [0.3, 0.4) is 0 Å². The van der Waals surface area contributed by atoms with Gasteiger partial charge in [-0.3, -0.25) is 4.79 Å². The highest BCUT2D eigenvalue weighted by atomic mass is 16.3. The minimum absolute atomic E-state index is 0.0145. The normalized spacial score (nSPS) is 22.2. The van der Waals surface area contributed by atoms with Crippen LogP contribution in [-0.4, -0.2) is 51.2 Å². The van der Waals surface area contributed by atoms with E-state index in [0.29, 0.717) is 11.7 Å². The number of nitrogens with one attached hydrogen (secondary N) is 2. The summed E-state index contributed by atoms with van der Waals surface area (Å²) in [5.74, 6) is -0.237. The molecular formula is C13H21N5O2. The van der Waals surface area contributed by atoms with Gasteiger partial charge >= 0.3 is 0 Å². The van der Waals surface area contributed by atoms with Crippen molar-refractivity contribution in [3.8, 4) is 0 Å². The Balaban J connectivity index is 1.66. The molecule has 0 atom stereocenters. The van der Waals surface area contributed by atoms with Crippen molar-refractivity contribution < 1.29 is 9.90 Å². The molecule has 1 aromatic heterocycles. The van der Waals surface area contributed by atoms with E-state index in [1.807, 2.05) is 0 Å². The van der Waals surface area contributed by atoms with Crippen LogP contribution in [0, 0.1) is 0 Å². The fraction of sp³-hybridized carbons (Fsp3) is 0.769. The van der Waals surface area contributed by atoms with E-state index in [1.165, 1.54) is 6.42 Å². The molecule has 0 spiro atoms. The second kappa shape index (κ2) is 5.49. The molecule has 0 unspecified atom stereocenters. The predicted molar refractivity (Wildman–Crippen MR) is 72.3 cm³/mol. The molecule has 2 fully saturated rings. The lowest BCUT2D eigenvalue weighted by atomic mass is 9.82. The summed E-state index contributed by atoms with van der Waals surface area (Å²) < 4.78 is 1.73. The zero-order valence-corrected chi connectivity index (χ0v) is 11.5. The lowest BCUT2D eigenvalue weighted by Gasteiger charge is -2.36. The SMILES string of the molecule is O=C(NC1(CO)CCCCC1)c1cn(C2CNC2)nn1. The van der Waals surface area contributed by atoms with E-state index in [-0.39, 0.29) is 12.5 Å². The summed E-state index contributed by atoms with van der Waals surface area (Å²) in [5.41, 5.74) is -0.146. The maximum Gasteiger partial charge on any atom is 0.273 e. The molecule has 0 radical (unpaired) electrons. The molecule has 2 aliphatic rings. The summed E-state index contributed by atoms with van der Waals surface area (Å²) in [4.78, 5) is 12.3. The Bertz CT molecular complexity index is 477. The summed E-state index contributed by atoms with van der Waals surface area (Å²) in [6, 6.07) is 0.297. The molecule has 1 aliphatic carbocycles. The zero-order chi connectivity index (χ0) is 14.0. The van der Waals surface area contributed by atoms with Crippen LogP contribution >= 0.6 is 0 Å². The Kier molecular flexibility index (Phi) is 3.71. The first-order valence-electron chi connectivity index (χ1n) is 7.28. The Labute approximate surface area is 117 Å². The van der Waals surface area contributed by atoms with Crippen LogP contribution < -0.4 is 10.6 Å². The summed E-state index contributed by atoms with van der Waals surface area (Å²) in [5, 5.41) is 23.7. The molecule has 1 amide bonds. The Morgan fingerprint density at radius 3 is 2.80 bits per heavy atom. The third kappa shape index (κ3) is 2.55. The van der Waals surface area contributed by atoms with E-state index in [1.54, 1.807) is 10.9 Å². The van der Waals surface area contributed by atoms with Crippen LogP contribution in [0.15, 0.2) is 6.20 Å². The van der Waals surface area contributed by atoms with Crippen molar-refractivity contribution in [1.82, 2.24) is 25.6 Å². The van der Waals surface area contributed by atoms with Crippen molar-refractivity contribution in [3.63, 3.8) is 0 Å². The number of hydrogen-bond acceptors (Lipinski definition) is 5. The number of rotatable bonds is 4. The molecule has 0 aromatic carbocycles. The van der Waals surface area contributed by atoms with Crippen molar-refractivity contribution in [1.29, 1.82) is 0 Å². The van der Waals surface area contributed by atoms with Gasteiger partial charge in [-0.1, -0.05) is 24.5 Å². The van der Waals surface area contributed by atoms with Gasteiger partial charge in [-0.2, -0.15) is 0 Å². The van der Waals surface area contributed by atoms with Gasteiger partial charge in [0.25, 0.3) is 5.91 Å². The van der Waals surface area contributed by atoms with E-state index < -0.39 is 5.54 Å². The number of amides is 1. The molecule has 1 saturated heterocycles. The fourth-order valence-electron chi connectivity index (χ4n) is 2.88. The van der Waals surface area contributed by atoms with E-state index in [9.17, 15) is 9.90 Å². The molecule has 7 heteroatoms. The number of nitrogens with zero attached hydrogens (tertiary/aromatic N) is 3. The molecule has 3 N–H and O–H groups in total. The predicted octanol–water partition coefficient (Wildman–Crippen LogP) is -0.153. The average Bonchev–Trinajstić information content (AvgIpc) is 2.87. The van der Waals surface area contributed by atoms with Crippen LogP contribution in [-0.2, 0) is 0 Å². The second-order valence-corrected chi connectivity index (χ2v) is 5.85. The third-order valence-corrected chi connectivity index (χ3v) is 4.37. The van der Waals surface area contributed by atoms with Crippen molar-refractivity contribution in [2.75, 3.05) is 19.7 Å². The highest BCUT2D eigenvalue weighted by Crippen LogP contribution is 2.28. The second-order valence-electron chi connectivity index (χ2n) is 5.85. The third-order valence-electron chi connectivity index (χ3n) is 4.37. The van der Waals surface area contributed by atoms with Gasteiger partial charge in [-0.15, -0.1) is 5.10 Å². The Morgan fingerprint density at radius 2 is 2.20 bits per heavy atom. The smallest absolute Gasteiger partial charge is 0.273 e. The summed E-state index contributed by atoms with van der Waals surface area (Å²) in [6.45, 7) is 1.72. The van der Waals surface area contributed by atoms with Crippen molar-refractivity contribution >= 4 is 5.91 Å². The van der Waals surface area contributed by atoms with Gasteiger partial charge in [-0.25, -0.2) is 4.68 Å². The maximum absolute atomic E-state index is 12.3.